The summed E-state index contributed by atoms with van der Waals surface area (Å²) >= 11 is 0. The fourth-order valence-electron chi connectivity index (χ4n) is 0.964. The molecule has 1 aliphatic rings. The minimum atomic E-state index is -2.90. The van der Waals surface area contributed by atoms with Crippen molar-refractivity contribution in [2.45, 2.75) is 6.37 Å². The monoisotopic (exact) mass is 188 g/mol. The van der Waals surface area contributed by atoms with Crippen molar-refractivity contribution in [3.63, 3.8) is 0 Å². The predicted molar refractivity (Wildman–Crippen MR) is 50.2 cm³/mol. The van der Waals surface area contributed by atoms with Gasteiger partial charge in [0.15, 0.2) is 11.5 Å². The first-order valence-corrected chi connectivity index (χ1v) is 3.55. The molecule has 70 valence electrons. The Morgan fingerprint density at radius 2 is 2.54 bits per heavy atom. The Balaban J connectivity index is 2.35. The summed E-state index contributed by atoms with van der Waals surface area (Å²) in [7, 11) is 0. The van der Waals surface area contributed by atoms with E-state index in [1.54, 1.807) is 5.32 Å². The van der Waals surface area contributed by atoms with Crippen molar-refractivity contribution in [3.8, 4) is 11.5 Å². The molecule has 1 aromatic carbocycles. The average Bonchev–Trinajstić information content (AvgIpc) is 2.57. The van der Waals surface area contributed by atoms with Gasteiger partial charge in [0.1, 0.15) is 2.74 Å². The molecule has 2 rings (SSSR count). The highest BCUT2D eigenvalue weighted by Gasteiger charge is 2.12. The van der Waals surface area contributed by atoms with E-state index in [-0.39, 0.29) is 17.1 Å². The highest BCUT2D eigenvalue weighted by Crippen LogP contribution is 2.32. The summed E-state index contributed by atoms with van der Waals surface area (Å²) in [5, 5.41) is 1.63. The van der Waals surface area contributed by atoms with Gasteiger partial charge in [0.05, 0.1) is 0 Å². The molecule has 0 unspecified atom stereocenters. The molecule has 0 aromatic heterocycles. The van der Waals surface area contributed by atoms with Gasteiger partial charge < -0.3 is 14.8 Å². The Labute approximate surface area is 90.3 Å². The second-order valence-corrected chi connectivity index (χ2v) is 2.32. The van der Waals surface area contributed by atoms with Crippen LogP contribution in [0.3, 0.4) is 0 Å². The Morgan fingerprint density at radius 3 is 3.46 bits per heavy atom. The summed E-state index contributed by atoms with van der Waals surface area (Å²) in [5.74, 6) is -0.0371. The number of nitrogens with one attached hydrogen (secondary N) is 1. The van der Waals surface area contributed by atoms with Gasteiger partial charge in [-0.25, -0.2) is 0 Å². The number of hydrogen-bond acceptors (Lipinski definition) is 3. The third-order valence-electron chi connectivity index (χ3n) is 1.52. The Bertz CT molecular complexity index is 584. The minimum absolute atomic E-state index is 0.0499. The van der Waals surface area contributed by atoms with E-state index in [2.05, 4.69) is 0 Å². The normalized spacial score (nSPS) is 30.6. The molecule has 0 saturated carbocycles. The van der Waals surface area contributed by atoms with Crippen LogP contribution in [0.2, 0.25) is 0 Å². The van der Waals surface area contributed by atoms with Gasteiger partial charge in [-0.15, -0.1) is 0 Å². The number of hydrogen-bond donors (Lipinski definition) is 1. The zero-order valence-corrected chi connectivity index (χ0v) is 6.55. The molecule has 1 aliphatic heterocycles. The summed E-state index contributed by atoms with van der Waals surface area (Å²) in [4.78, 5) is 0. The molecule has 0 bridgehead atoms. The van der Waals surface area contributed by atoms with Crippen LogP contribution in [0, 0.1) is 0 Å². The lowest BCUT2D eigenvalue weighted by atomic mass is 10.1. The lowest BCUT2D eigenvalue weighted by Gasteiger charge is -2.01. The molecule has 3 heteroatoms. The van der Waals surface area contributed by atoms with Gasteiger partial charge in [-0.1, -0.05) is 6.07 Å². The highest BCUT2D eigenvalue weighted by molar-refractivity contribution is 5.44. The zero-order valence-electron chi connectivity index (χ0n) is 15.5. The molecule has 0 saturated heterocycles. The molecular weight excluding hydrogens is 166 g/mol. The average molecular weight is 188 g/mol. The number of likely N-dealkylation sites (N-methyl/N-ethyl adjacent to an activating group) is 1. The summed E-state index contributed by atoms with van der Waals surface area (Å²) in [5.41, 5.74) is -0.214. The van der Waals surface area contributed by atoms with Crippen LogP contribution >= 0.6 is 0 Å². The first-order valence-electron chi connectivity index (χ1n) is 8.05. The van der Waals surface area contributed by atoms with Gasteiger partial charge in [-0.3, -0.25) is 0 Å². The van der Waals surface area contributed by atoms with Crippen LogP contribution in [0.15, 0.2) is 18.2 Å². The number of benzene rings is 1. The van der Waals surface area contributed by atoms with Gasteiger partial charge in [0.25, 0.3) is 0 Å². The van der Waals surface area contributed by atoms with E-state index in [0.29, 0.717) is 0 Å². The van der Waals surface area contributed by atoms with E-state index in [1.807, 2.05) is 0 Å². The van der Waals surface area contributed by atoms with Crippen molar-refractivity contribution in [1.29, 1.82) is 0 Å². The van der Waals surface area contributed by atoms with Crippen molar-refractivity contribution in [2.75, 3.05) is 20.2 Å². The Hall–Kier alpha value is -1.22. The minimum Gasteiger partial charge on any atom is -0.454 e. The standard InChI is InChI=1S/C10H13NO2/c1-11-5-4-8-2-3-9-10(6-8)13-7-12-9/h2-3,6,11H,4-5,7H2,1H3/i1D3,4D2,5D2,7D2. The van der Waals surface area contributed by atoms with Gasteiger partial charge in [0.2, 0.25) is 6.75 Å². The highest BCUT2D eigenvalue weighted by atomic mass is 16.7. The van der Waals surface area contributed by atoms with Crippen molar-refractivity contribution in [1.82, 2.24) is 5.32 Å². The van der Waals surface area contributed by atoms with Crippen molar-refractivity contribution in [3.05, 3.63) is 23.8 Å². The number of fused-ring (bicyclic) bond motifs is 1. The smallest absolute Gasteiger partial charge is 0.231 e. The first kappa shape index (κ1) is 2.89. The third kappa shape index (κ3) is 1.75. The molecule has 0 amide bonds. The SMILES string of the molecule is [2H]C([2H])([2H])NC([2H])([2H])C([2H])([2H])c1ccc2c(c1)OC([2H])([2H])O2. The Kier molecular flexibility index (Phi) is 0.813. The van der Waals surface area contributed by atoms with E-state index < -0.39 is 26.6 Å². The second kappa shape index (κ2) is 3.66. The molecule has 0 atom stereocenters. The van der Waals surface area contributed by atoms with Crippen LogP contribution in [0.5, 0.6) is 11.5 Å². The second-order valence-electron chi connectivity index (χ2n) is 2.32. The maximum atomic E-state index is 7.90. The number of ether oxygens (including phenoxy) is 2. The van der Waals surface area contributed by atoms with E-state index in [0.717, 1.165) is 6.07 Å². The van der Waals surface area contributed by atoms with Crippen molar-refractivity contribution in [2.24, 2.45) is 0 Å². The zero-order chi connectivity index (χ0) is 17.0. The molecule has 1 N–H and O–H groups in total. The van der Waals surface area contributed by atoms with Crippen LogP contribution in [0.25, 0.3) is 0 Å². The van der Waals surface area contributed by atoms with Crippen LogP contribution in [0.1, 0.15) is 17.9 Å². The molecule has 0 aliphatic carbocycles. The van der Waals surface area contributed by atoms with E-state index in [9.17, 15) is 0 Å². The van der Waals surface area contributed by atoms with Gasteiger partial charge in [0, 0.05) is 9.60 Å². The molecule has 1 heterocycles. The van der Waals surface area contributed by atoms with Gasteiger partial charge in [-0.05, 0) is 37.5 Å². The quantitative estimate of drug-likeness (QED) is 0.772. The molecule has 0 fully saturated rings. The third-order valence-corrected chi connectivity index (χ3v) is 1.52. The predicted octanol–water partition coefficient (Wildman–Crippen LogP) is 1.18. The van der Waals surface area contributed by atoms with Crippen molar-refractivity contribution >= 4 is 0 Å². The van der Waals surface area contributed by atoms with Gasteiger partial charge >= 0.3 is 0 Å². The fraction of sp³-hybridized carbons (Fsp3) is 0.400. The van der Waals surface area contributed by atoms with Crippen LogP contribution < -0.4 is 14.8 Å². The maximum Gasteiger partial charge on any atom is 0.231 e. The molecule has 3 nitrogen and oxygen atoms in total. The fourth-order valence-corrected chi connectivity index (χ4v) is 0.964. The maximum absolute atomic E-state index is 7.90. The van der Waals surface area contributed by atoms with E-state index >= 15 is 0 Å². The molecule has 0 spiro atoms. The number of aryl methyl sites for hydroxylation is 1. The van der Waals surface area contributed by atoms with E-state index in [4.69, 9.17) is 21.8 Å². The van der Waals surface area contributed by atoms with E-state index in [1.165, 1.54) is 12.1 Å². The number of rotatable bonds is 3. The lowest BCUT2D eigenvalue weighted by Crippen LogP contribution is -2.10. The summed E-state index contributed by atoms with van der Waals surface area (Å²) in [6.07, 6.45) is -2.71. The topological polar surface area (TPSA) is 30.5 Å². The summed E-state index contributed by atoms with van der Waals surface area (Å²) < 4.78 is 76.5. The van der Waals surface area contributed by atoms with Gasteiger partial charge in [-0.2, -0.15) is 0 Å². The molecular formula is C10H13NO2. The lowest BCUT2D eigenvalue weighted by molar-refractivity contribution is 0.174. The van der Waals surface area contributed by atoms with Crippen LogP contribution in [0.4, 0.5) is 0 Å². The molecule has 1 aromatic rings. The molecule has 13 heavy (non-hydrogen) atoms. The van der Waals surface area contributed by atoms with Crippen LogP contribution in [-0.4, -0.2) is 20.2 Å². The first-order chi connectivity index (χ1) is 9.74. The summed E-state index contributed by atoms with van der Waals surface area (Å²) in [6, 6.07) is 3.50. The van der Waals surface area contributed by atoms with Crippen molar-refractivity contribution < 1.29 is 21.8 Å². The summed E-state index contributed by atoms with van der Waals surface area (Å²) in [6.45, 7) is -8.15. The van der Waals surface area contributed by atoms with Crippen LogP contribution in [-0.2, 0) is 6.37 Å². The Morgan fingerprint density at radius 1 is 1.62 bits per heavy atom. The molecule has 0 radical (unpaired) electrons. The largest absolute Gasteiger partial charge is 0.454 e.